The Hall–Kier alpha value is -2.79. The number of hydrogen-bond donors (Lipinski definition) is 0. The Bertz CT molecular complexity index is 1180. The number of rotatable bonds is 7. The normalized spacial score (nSPS) is 19.6. The molecule has 178 valence electrons. The van der Waals surface area contributed by atoms with Gasteiger partial charge in [-0.25, -0.2) is 4.39 Å². The van der Waals surface area contributed by atoms with Gasteiger partial charge in [-0.2, -0.15) is 0 Å². The smallest absolute Gasteiger partial charge is 0.147 e. The second-order valence-electron chi connectivity index (χ2n) is 10.0. The largest absolute Gasteiger partial charge is 0.464 e. The number of furan rings is 1. The summed E-state index contributed by atoms with van der Waals surface area (Å²) < 4.78 is 19.7. The number of carbonyl (C=O) groups is 1. The van der Waals surface area contributed by atoms with E-state index >= 15 is 0 Å². The second kappa shape index (κ2) is 9.83. The van der Waals surface area contributed by atoms with Gasteiger partial charge in [0.25, 0.3) is 0 Å². The van der Waals surface area contributed by atoms with Gasteiger partial charge in [0, 0.05) is 30.8 Å². The summed E-state index contributed by atoms with van der Waals surface area (Å²) in [6.45, 7) is 4.66. The van der Waals surface area contributed by atoms with Gasteiger partial charge in [-0.05, 0) is 75.1 Å². The molecule has 1 fully saturated rings. The van der Waals surface area contributed by atoms with E-state index in [-0.39, 0.29) is 11.7 Å². The van der Waals surface area contributed by atoms with Crippen molar-refractivity contribution < 1.29 is 13.6 Å². The van der Waals surface area contributed by atoms with Crippen LogP contribution in [0.4, 0.5) is 4.39 Å². The molecule has 1 aliphatic carbocycles. The number of aromatic nitrogens is 1. The standard InChI is InChI=1S/C29H33FN2O2/c1-29(26-9-5-6-16-31-26,28(33)22-7-3-2-4-8-22)15-19-32-17-12-21(13-18-32)23-10-11-25(30)24-14-20-34-27(23)24/h5-6,9-12,14,16,20,22H,2-4,7-8,13,15,17-19H2,1H3. The molecule has 0 bridgehead atoms. The van der Waals surface area contributed by atoms with E-state index in [1.54, 1.807) is 18.5 Å². The van der Waals surface area contributed by atoms with Gasteiger partial charge in [0.05, 0.1) is 22.8 Å². The first-order valence-electron chi connectivity index (χ1n) is 12.6. The zero-order valence-electron chi connectivity index (χ0n) is 19.9. The molecular weight excluding hydrogens is 427 g/mol. The SMILES string of the molecule is CC(CCN1CC=C(c2ccc(F)c3ccoc23)CC1)(C(=O)C1CCCCC1)c1ccccn1. The van der Waals surface area contributed by atoms with Crippen LogP contribution >= 0.6 is 0 Å². The Balaban J connectivity index is 1.30. The summed E-state index contributed by atoms with van der Waals surface area (Å²) in [5, 5.41) is 0.535. The lowest BCUT2D eigenvalue weighted by molar-refractivity contribution is -0.129. The molecule has 0 spiro atoms. The molecule has 0 amide bonds. The van der Waals surface area contributed by atoms with Crippen LogP contribution in [0.3, 0.4) is 0 Å². The van der Waals surface area contributed by atoms with Crippen LogP contribution in [-0.2, 0) is 10.2 Å². The first-order valence-corrected chi connectivity index (χ1v) is 12.6. The van der Waals surface area contributed by atoms with Crippen LogP contribution in [0.25, 0.3) is 16.5 Å². The summed E-state index contributed by atoms with van der Waals surface area (Å²) >= 11 is 0. The summed E-state index contributed by atoms with van der Waals surface area (Å²) in [6, 6.07) is 10.9. The summed E-state index contributed by atoms with van der Waals surface area (Å²) in [5.74, 6) is 0.274. The molecule has 2 aromatic heterocycles. The van der Waals surface area contributed by atoms with Crippen molar-refractivity contribution >= 4 is 22.3 Å². The molecule has 0 radical (unpaired) electrons. The third kappa shape index (κ3) is 4.46. The molecule has 3 aromatic rings. The van der Waals surface area contributed by atoms with Gasteiger partial charge in [-0.3, -0.25) is 14.7 Å². The minimum Gasteiger partial charge on any atom is -0.464 e. The van der Waals surface area contributed by atoms with Crippen molar-refractivity contribution in [2.75, 3.05) is 19.6 Å². The number of halogens is 1. The molecule has 1 saturated carbocycles. The maximum absolute atomic E-state index is 14.1. The highest BCUT2D eigenvalue weighted by molar-refractivity contribution is 5.91. The molecule has 4 nitrogen and oxygen atoms in total. The molecule has 5 heteroatoms. The van der Waals surface area contributed by atoms with Crippen LogP contribution in [0, 0.1) is 11.7 Å². The number of benzene rings is 1. The molecule has 34 heavy (non-hydrogen) atoms. The highest BCUT2D eigenvalue weighted by Crippen LogP contribution is 2.37. The Morgan fingerprint density at radius 1 is 1.18 bits per heavy atom. The highest BCUT2D eigenvalue weighted by atomic mass is 19.1. The molecule has 1 aliphatic heterocycles. The van der Waals surface area contributed by atoms with Gasteiger partial charge in [-0.1, -0.05) is 31.4 Å². The van der Waals surface area contributed by atoms with Gasteiger partial charge >= 0.3 is 0 Å². The summed E-state index contributed by atoms with van der Waals surface area (Å²) in [5.41, 5.74) is 3.13. The lowest BCUT2D eigenvalue weighted by Gasteiger charge is -2.35. The van der Waals surface area contributed by atoms with Crippen molar-refractivity contribution in [3.05, 3.63) is 72.0 Å². The lowest BCUT2D eigenvalue weighted by Crippen LogP contribution is -2.42. The van der Waals surface area contributed by atoms with E-state index in [9.17, 15) is 9.18 Å². The number of fused-ring (bicyclic) bond motifs is 1. The Kier molecular flexibility index (Phi) is 6.64. The van der Waals surface area contributed by atoms with E-state index in [1.807, 2.05) is 24.3 Å². The summed E-state index contributed by atoms with van der Waals surface area (Å²) in [6.07, 6.45) is 12.8. The fraction of sp³-hybridized carbons (Fsp3) is 0.448. The van der Waals surface area contributed by atoms with E-state index in [4.69, 9.17) is 4.42 Å². The first-order chi connectivity index (χ1) is 16.6. The minimum absolute atomic E-state index is 0.155. The van der Waals surface area contributed by atoms with Crippen LogP contribution in [0.1, 0.15) is 63.1 Å². The van der Waals surface area contributed by atoms with Gasteiger partial charge < -0.3 is 4.42 Å². The summed E-state index contributed by atoms with van der Waals surface area (Å²) in [7, 11) is 0. The third-order valence-corrected chi connectivity index (χ3v) is 7.88. The maximum Gasteiger partial charge on any atom is 0.147 e. The molecule has 1 aromatic carbocycles. The fourth-order valence-electron chi connectivity index (χ4n) is 5.70. The monoisotopic (exact) mass is 460 g/mol. The molecule has 2 aliphatic rings. The number of ketones is 1. The second-order valence-corrected chi connectivity index (χ2v) is 10.0. The first kappa shape index (κ1) is 23.0. The van der Waals surface area contributed by atoms with E-state index in [2.05, 4.69) is 22.9 Å². The van der Waals surface area contributed by atoms with Crippen LogP contribution in [-0.4, -0.2) is 35.3 Å². The molecule has 3 heterocycles. The van der Waals surface area contributed by atoms with Crippen LogP contribution in [0.2, 0.25) is 0 Å². The van der Waals surface area contributed by atoms with Crippen LogP contribution in [0.5, 0.6) is 0 Å². The van der Waals surface area contributed by atoms with Gasteiger partial charge in [0.1, 0.15) is 17.2 Å². The van der Waals surface area contributed by atoms with Crippen molar-refractivity contribution in [3.8, 4) is 0 Å². The van der Waals surface area contributed by atoms with Crippen LogP contribution < -0.4 is 0 Å². The highest BCUT2D eigenvalue weighted by Gasteiger charge is 2.40. The number of carbonyl (C=O) groups excluding carboxylic acids is 1. The zero-order valence-corrected chi connectivity index (χ0v) is 19.9. The molecule has 1 atom stereocenters. The Morgan fingerprint density at radius 2 is 2.03 bits per heavy atom. The van der Waals surface area contributed by atoms with E-state index < -0.39 is 5.41 Å². The van der Waals surface area contributed by atoms with Gasteiger partial charge in [0.2, 0.25) is 0 Å². The average molecular weight is 461 g/mol. The average Bonchev–Trinajstić information content (AvgIpc) is 3.40. The topological polar surface area (TPSA) is 46.3 Å². The van der Waals surface area contributed by atoms with Gasteiger partial charge in [-0.15, -0.1) is 0 Å². The molecule has 1 unspecified atom stereocenters. The molecule has 0 N–H and O–H groups in total. The van der Waals surface area contributed by atoms with Crippen LogP contribution in [0.15, 0.2) is 59.4 Å². The molecule has 0 saturated heterocycles. The van der Waals surface area contributed by atoms with Crippen molar-refractivity contribution in [2.24, 2.45) is 5.92 Å². The van der Waals surface area contributed by atoms with E-state index in [1.165, 1.54) is 18.1 Å². The van der Waals surface area contributed by atoms with Crippen molar-refractivity contribution in [1.82, 2.24) is 9.88 Å². The number of hydrogen-bond acceptors (Lipinski definition) is 4. The quantitative estimate of drug-likeness (QED) is 0.401. The Morgan fingerprint density at radius 3 is 2.76 bits per heavy atom. The summed E-state index contributed by atoms with van der Waals surface area (Å²) in [4.78, 5) is 20.8. The van der Waals surface area contributed by atoms with Gasteiger partial charge in [0.15, 0.2) is 0 Å². The predicted octanol–water partition coefficient (Wildman–Crippen LogP) is 6.55. The zero-order chi connectivity index (χ0) is 23.5. The minimum atomic E-state index is -0.565. The fourth-order valence-corrected chi connectivity index (χ4v) is 5.70. The number of pyridine rings is 1. The molecule has 5 rings (SSSR count). The maximum atomic E-state index is 14.1. The Labute approximate surface area is 200 Å². The van der Waals surface area contributed by atoms with Crippen molar-refractivity contribution in [1.29, 1.82) is 0 Å². The molecular formula is C29H33FN2O2. The van der Waals surface area contributed by atoms with Crippen molar-refractivity contribution in [2.45, 2.75) is 57.3 Å². The predicted molar refractivity (Wildman–Crippen MR) is 133 cm³/mol. The third-order valence-electron chi connectivity index (χ3n) is 7.88. The van der Waals surface area contributed by atoms with Crippen molar-refractivity contribution in [3.63, 3.8) is 0 Å². The van der Waals surface area contributed by atoms with E-state index in [0.29, 0.717) is 16.8 Å². The number of nitrogens with zero attached hydrogens (tertiary/aromatic N) is 2. The lowest BCUT2D eigenvalue weighted by atomic mass is 9.70. The number of Topliss-reactive ketones (excluding diaryl/α,β-unsaturated/α-hetero) is 1. The van der Waals surface area contributed by atoms with E-state index in [0.717, 1.165) is 69.4 Å².